The maximum absolute atomic E-state index is 13.7. The molecule has 0 fully saturated rings. The number of esters is 1. The summed E-state index contributed by atoms with van der Waals surface area (Å²) < 4.78 is 10.6. The van der Waals surface area contributed by atoms with Gasteiger partial charge in [0.2, 0.25) is 0 Å². The molecule has 9 heteroatoms. The van der Waals surface area contributed by atoms with E-state index in [1.807, 2.05) is 6.92 Å². The number of thioether (sulfide) groups is 1. The Morgan fingerprint density at radius 2 is 1.75 bits per heavy atom. The normalized spacial score (nSPS) is 13.2. The Hall–Kier alpha value is -3.75. The molecule has 2 amide bonds. The average Bonchev–Trinajstić information content (AvgIpc) is 3.12. The molecule has 0 unspecified atom stereocenters. The van der Waals surface area contributed by atoms with Crippen molar-refractivity contribution < 1.29 is 23.9 Å². The molecule has 0 saturated heterocycles. The predicted octanol–water partition coefficient (Wildman–Crippen LogP) is 5.90. The lowest BCUT2D eigenvalue weighted by molar-refractivity contribution is -0.120. The second kappa shape index (κ2) is 11.3. The molecule has 0 bridgehead atoms. The molecule has 3 aromatic rings. The third-order valence-corrected chi connectivity index (χ3v) is 6.56. The molecular formula is C27H23ClN2O5S. The van der Waals surface area contributed by atoms with Gasteiger partial charge in [-0.25, -0.2) is 9.69 Å². The first kappa shape index (κ1) is 25.3. The zero-order chi connectivity index (χ0) is 25.7. The Bertz CT molecular complexity index is 1340. The van der Waals surface area contributed by atoms with Gasteiger partial charge in [0.15, 0.2) is 0 Å². The summed E-state index contributed by atoms with van der Waals surface area (Å²) >= 11 is 7.15. The van der Waals surface area contributed by atoms with Crippen molar-refractivity contribution in [1.82, 2.24) is 0 Å². The summed E-state index contributed by atoms with van der Waals surface area (Å²) in [5.41, 5.74) is 0.943. The van der Waals surface area contributed by atoms with E-state index in [0.29, 0.717) is 22.9 Å². The number of hydrogen-bond donors (Lipinski definition) is 1. The second-order valence-electron chi connectivity index (χ2n) is 7.72. The van der Waals surface area contributed by atoms with Crippen molar-refractivity contribution in [3.8, 4) is 5.75 Å². The van der Waals surface area contributed by atoms with Crippen LogP contribution >= 0.6 is 23.4 Å². The molecule has 1 N–H and O–H groups in total. The Kier molecular flexibility index (Phi) is 7.97. The van der Waals surface area contributed by atoms with Crippen LogP contribution in [0.5, 0.6) is 5.75 Å². The highest BCUT2D eigenvalue weighted by atomic mass is 35.5. The molecule has 0 aliphatic carbocycles. The van der Waals surface area contributed by atoms with Crippen molar-refractivity contribution in [2.75, 3.05) is 23.9 Å². The van der Waals surface area contributed by atoms with E-state index in [0.717, 1.165) is 21.6 Å². The fraction of sp³-hybridized carbons (Fsp3) is 0.148. The Morgan fingerprint density at radius 1 is 1.00 bits per heavy atom. The van der Waals surface area contributed by atoms with Crippen molar-refractivity contribution in [3.63, 3.8) is 0 Å². The van der Waals surface area contributed by atoms with Crippen molar-refractivity contribution in [1.29, 1.82) is 0 Å². The topological polar surface area (TPSA) is 84.9 Å². The molecule has 184 valence electrons. The van der Waals surface area contributed by atoms with Gasteiger partial charge < -0.3 is 14.8 Å². The van der Waals surface area contributed by atoms with E-state index in [4.69, 9.17) is 21.1 Å². The molecule has 0 aromatic heterocycles. The van der Waals surface area contributed by atoms with Gasteiger partial charge in [-0.3, -0.25) is 9.59 Å². The van der Waals surface area contributed by atoms with Crippen molar-refractivity contribution in [2.24, 2.45) is 0 Å². The first-order valence-electron chi connectivity index (χ1n) is 11.2. The molecule has 1 aliphatic heterocycles. The number of nitrogens with one attached hydrogen (secondary N) is 1. The monoisotopic (exact) mass is 522 g/mol. The first-order valence-corrected chi connectivity index (χ1v) is 12.4. The van der Waals surface area contributed by atoms with E-state index in [2.05, 4.69) is 5.32 Å². The van der Waals surface area contributed by atoms with Crippen LogP contribution in [0.1, 0.15) is 23.7 Å². The summed E-state index contributed by atoms with van der Waals surface area (Å²) in [5.74, 6) is -1.16. The van der Waals surface area contributed by atoms with Gasteiger partial charge in [-0.15, -0.1) is 0 Å². The van der Waals surface area contributed by atoms with Crippen LogP contribution in [0.3, 0.4) is 0 Å². The van der Waals surface area contributed by atoms with Crippen LogP contribution in [-0.4, -0.2) is 31.5 Å². The fourth-order valence-corrected chi connectivity index (χ4v) is 4.57. The number of hydrogen-bond acceptors (Lipinski definition) is 7. The quantitative estimate of drug-likeness (QED) is 0.276. The summed E-state index contributed by atoms with van der Waals surface area (Å²) in [4.78, 5) is 42.0. The first-order chi connectivity index (χ1) is 17.4. The third-order valence-electron chi connectivity index (χ3n) is 5.22. The van der Waals surface area contributed by atoms with Crippen LogP contribution in [0.25, 0.3) is 0 Å². The number of methoxy groups -OCH3 is 1. The van der Waals surface area contributed by atoms with Gasteiger partial charge in [-0.05, 0) is 55.0 Å². The van der Waals surface area contributed by atoms with Gasteiger partial charge in [-0.2, -0.15) is 0 Å². The van der Waals surface area contributed by atoms with Crippen molar-refractivity contribution in [3.05, 3.63) is 94.0 Å². The zero-order valence-corrected chi connectivity index (χ0v) is 21.2. The molecule has 3 aromatic carbocycles. The van der Waals surface area contributed by atoms with Crippen LogP contribution in [0.15, 0.2) is 88.3 Å². The standard InChI is InChI=1S/C27H23ClN2O5S/c1-3-15-35-27(33)21-9-4-5-10-22(21)30-25(31)23(29-18-7-6-8-19(16-18)34-2)24(26(30)32)36-20-13-11-17(28)12-14-20/h4-14,16,29H,3,15H2,1-2H3. The highest BCUT2D eigenvalue weighted by molar-refractivity contribution is 8.04. The van der Waals surface area contributed by atoms with E-state index in [1.54, 1.807) is 73.8 Å². The molecule has 0 spiro atoms. The van der Waals surface area contributed by atoms with Crippen LogP contribution in [-0.2, 0) is 14.3 Å². The maximum Gasteiger partial charge on any atom is 0.340 e. The van der Waals surface area contributed by atoms with Gasteiger partial charge in [0, 0.05) is 21.7 Å². The number of anilines is 2. The van der Waals surface area contributed by atoms with Gasteiger partial charge in [-0.1, -0.05) is 48.5 Å². The number of carbonyl (C=O) groups excluding carboxylic acids is 3. The molecule has 1 heterocycles. The predicted molar refractivity (Wildman–Crippen MR) is 140 cm³/mol. The Labute approximate surface area is 218 Å². The molecule has 7 nitrogen and oxygen atoms in total. The van der Waals surface area contributed by atoms with Crippen LogP contribution in [0.2, 0.25) is 5.02 Å². The second-order valence-corrected chi connectivity index (χ2v) is 9.24. The molecule has 1 aliphatic rings. The number of ether oxygens (including phenoxy) is 2. The van der Waals surface area contributed by atoms with Gasteiger partial charge >= 0.3 is 5.97 Å². The Balaban J connectivity index is 1.75. The van der Waals surface area contributed by atoms with Crippen molar-refractivity contribution >= 4 is 52.5 Å². The number of halogens is 1. The van der Waals surface area contributed by atoms with Gasteiger partial charge in [0.1, 0.15) is 16.4 Å². The lowest BCUT2D eigenvalue weighted by Gasteiger charge is -2.18. The summed E-state index contributed by atoms with van der Waals surface area (Å²) in [5, 5.41) is 3.64. The van der Waals surface area contributed by atoms with Crippen LogP contribution in [0.4, 0.5) is 11.4 Å². The molecule has 36 heavy (non-hydrogen) atoms. The zero-order valence-electron chi connectivity index (χ0n) is 19.6. The largest absolute Gasteiger partial charge is 0.497 e. The third kappa shape index (κ3) is 5.40. The minimum absolute atomic E-state index is 0.0879. The van der Waals surface area contributed by atoms with Crippen molar-refractivity contribution in [2.45, 2.75) is 18.2 Å². The molecule has 0 saturated carbocycles. The Morgan fingerprint density at radius 3 is 2.47 bits per heavy atom. The summed E-state index contributed by atoms with van der Waals surface area (Å²) in [6, 6.07) is 20.4. The lowest BCUT2D eigenvalue weighted by Crippen LogP contribution is -2.33. The molecular weight excluding hydrogens is 500 g/mol. The number of benzene rings is 3. The molecule has 0 atom stereocenters. The summed E-state index contributed by atoms with van der Waals surface area (Å²) in [6.07, 6.45) is 0.646. The molecule has 0 radical (unpaired) electrons. The molecule has 4 rings (SSSR count). The fourth-order valence-electron chi connectivity index (χ4n) is 3.51. The summed E-state index contributed by atoms with van der Waals surface area (Å²) in [7, 11) is 1.54. The lowest BCUT2D eigenvalue weighted by atomic mass is 10.1. The summed E-state index contributed by atoms with van der Waals surface area (Å²) in [6.45, 7) is 2.11. The average molecular weight is 523 g/mol. The highest BCUT2D eigenvalue weighted by Crippen LogP contribution is 2.39. The number of nitrogens with zero attached hydrogens (tertiary/aromatic N) is 1. The van der Waals surface area contributed by atoms with Crippen LogP contribution < -0.4 is 15.0 Å². The van der Waals surface area contributed by atoms with E-state index in [1.165, 1.54) is 6.07 Å². The number of para-hydroxylation sites is 1. The number of imide groups is 1. The minimum Gasteiger partial charge on any atom is -0.497 e. The van der Waals surface area contributed by atoms with E-state index >= 15 is 0 Å². The number of carbonyl (C=O) groups is 3. The van der Waals surface area contributed by atoms with E-state index < -0.39 is 17.8 Å². The van der Waals surface area contributed by atoms with Gasteiger partial charge in [0.25, 0.3) is 11.8 Å². The van der Waals surface area contributed by atoms with E-state index in [9.17, 15) is 14.4 Å². The number of rotatable bonds is 9. The van der Waals surface area contributed by atoms with Gasteiger partial charge in [0.05, 0.1) is 25.0 Å². The van der Waals surface area contributed by atoms with E-state index in [-0.39, 0.29) is 28.5 Å². The highest BCUT2D eigenvalue weighted by Gasteiger charge is 2.41. The SMILES string of the molecule is CCCOC(=O)c1ccccc1N1C(=O)C(Nc2cccc(OC)c2)=C(Sc2ccc(Cl)cc2)C1=O. The van der Waals surface area contributed by atoms with Crippen LogP contribution in [0, 0.1) is 0 Å². The minimum atomic E-state index is -0.603. The smallest absolute Gasteiger partial charge is 0.340 e. The maximum atomic E-state index is 13.7. The number of amides is 2.